The first kappa shape index (κ1) is 12.6. The van der Waals surface area contributed by atoms with Gasteiger partial charge in [0, 0.05) is 0 Å². The maximum absolute atomic E-state index is 10.4. The first-order chi connectivity index (χ1) is 6.35. The third-order valence-corrected chi connectivity index (χ3v) is 2.41. The number of nitrogens with zero attached hydrogens (tertiary/aromatic N) is 1. The van der Waals surface area contributed by atoms with Crippen LogP contribution >= 0.6 is 0 Å². The largest absolute Gasteiger partial charge is 0.151 e. The molecule has 0 fully saturated rings. The minimum absolute atomic E-state index is 0.0895. The van der Waals surface area contributed by atoms with Crippen molar-refractivity contribution in [3.63, 3.8) is 0 Å². The zero-order valence-corrected chi connectivity index (χ0v) is 9.09. The normalized spacial score (nSPS) is 12.8. The highest BCUT2D eigenvalue weighted by atomic mass is 16.3. The molecule has 0 aromatic carbocycles. The quantitative estimate of drug-likeness (QED) is 0.389. The van der Waals surface area contributed by atoms with Crippen LogP contribution in [0.5, 0.6) is 0 Å². The summed E-state index contributed by atoms with van der Waals surface area (Å²) in [6.45, 7) is 4.32. The molecule has 0 rings (SSSR count). The molecule has 0 amide bonds. The number of rotatable bonds is 9. The van der Waals surface area contributed by atoms with E-state index in [4.69, 9.17) is 0 Å². The zero-order chi connectivity index (χ0) is 9.94. The predicted molar refractivity (Wildman–Crippen MR) is 57.9 cm³/mol. The van der Waals surface area contributed by atoms with Crippen LogP contribution in [0.4, 0.5) is 0 Å². The molecule has 0 bridgehead atoms. The molecule has 0 aliphatic heterocycles. The maximum Gasteiger partial charge on any atom is 0.0919 e. The van der Waals surface area contributed by atoms with Crippen molar-refractivity contribution in [2.45, 2.75) is 71.3 Å². The fourth-order valence-corrected chi connectivity index (χ4v) is 1.57. The van der Waals surface area contributed by atoms with Crippen LogP contribution in [0.25, 0.3) is 0 Å². The smallest absolute Gasteiger partial charge is 0.0919 e. The number of hydrogen-bond acceptors (Lipinski definition) is 2. The van der Waals surface area contributed by atoms with Gasteiger partial charge >= 0.3 is 0 Å². The van der Waals surface area contributed by atoms with Crippen LogP contribution < -0.4 is 0 Å². The summed E-state index contributed by atoms with van der Waals surface area (Å²) in [6.07, 6.45) is 9.41. The summed E-state index contributed by atoms with van der Waals surface area (Å²) in [6, 6.07) is 0.0895. The Morgan fingerprint density at radius 1 is 0.923 bits per heavy atom. The van der Waals surface area contributed by atoms with Gasteiger partial charge in [0.15, 0.2) is 0 Å². The van der Waals surface area contributed by atoms with Gasteiger partial charge in [-0.2, -0.15) is 4.91 Å². The Morgan fingerprint density at radius 2 is 1.62 bits per heavy atom. The van der Waals surface area contributed by atoms with Crippen LogP contribution in [-0.4, -0.2) is 6.04 Å². The van der Waals surface area contributed by atoms with Crippen LogP contribution in [0, 0.1) is 4.91 Å². The lowest BCUT2D eigenvalue weighted by Crippen LogP contribution is -2.02. The highest BCUT2D eigenvalue weighted by Crippen LogP contribution is 2.12. The molecule has 0 unspecified atom stereocenters. The Kier molecular flexibility index (Phi) is 9.39. The van der Waals surface area contributed by atoms with Gasteiger partial charge in [-0.05, 0) is 12.8 Å². The van der Waals surface area contributed by atoms with Crippen molar-refractivity contribution in [3.8, 4) is 0 Å². The average Bonchev–Trinajstić information content (AvgIpc) is 2.16. The van der Waals surface area contributed by atoms with Crippen molar-refractivity contribution in [1.29, 1.82) is 0 Å². The first-order valence-electron chi connectivity index (χ1n) is 5.67. The van der Waals surface area contributed by atoms with Gasteiger partial charge in [-0.3, -0.25) is 0 Å². The van der Waals surface area contributed by atoms with E-state index >= 15 is 0 Å². The molecule has 0 aliphatic carbocycles. The second kappa shape index (κ2) is 9.69. The summed E-state index contributed by atoms with van der Waals surface area (Å²) in [5.74, 6) is 0. The molecule has 0 saturated heterocycles. The topological polar surface area (TPSA) is 29.4 Å². The van der Waals surface area contributed by atoms with Crippen molar-refractivity contribution >= 4 is 0 Å². The average molecular weight is 185 g/mol. The van der Waals surface area contributed by atoms with Crippen molar-refractivity contribution < 1.29 is 0 Å². The van der Waals surface area contributed by atoms with E-state index < -0.39 is 0 Å². The van der Waals surface area contributed by atoms with E-state index in [2.05, 4.69) is 19.0 Å². The molecular weight excluding hydrogens is 162 g/mol. The van der Waals surface area contributed by atoms with Crippen LogP contribution in [0.2, 0.25) is 0 Å². The lowest BCUT2D eigenvalue weighted by atomic mass is 10.0. The van der Waals surface area contributed by atoms with Gasteiger partial charge in [0.2, 0.25) is 0 Å². The van der Waals surface area contributed by atoms with Gasteiger partial charge < -0.3 is 0 Å². The molecule has 0 N–H and O–H groups in total. The van der Waals surface area contributed by atoms with Crippen molar-refractivity contribution in [1.82, 2.24) is 0 Å². The molecule has 2 nitrogen and oxygen atoms in total. The Bertz CT molecular complexity index is 115. The summed E-state index contributed by atoms with van der Waals surface area (Å²) < 4.78 is 0. The van der Waals surface area contributed by atoms with E-state index in [1.165, 1.54) is 32.1 Å². The lowest BCUT2D eigenvalue weighted by molar-refractivity contribution is 0.511. The minimum atomic E-state index is 0.0895. The van der Waals surface area contributed by atoms with Crippen LogP contribution in [0.3, 0.4) is 0 Å². The van der Waals surface area contributed by atoms with E-state index in [0.29, 0.717) is 0 Å². The van der Waals surface area contributed by atoms with E-state index in [9.17, 15) is 4.91 Å². The molecule has 0 saturated carbocycles. The molecule has 2 heteroatoms. The molecule has 0 aromatic heterocycles. The van der Waals surface area contributed by atoms with E-state index in [-0.39, 0.29) is 6.04 Å². The molecular formula is C11H23NO. The van der Waals surface area contributed by atoms with Gasteiger partial charge in [0.1, 0.15) is 0 Å². The fourth-order valence-electron chi connectivity index (χ4n) is 1.57. The van der Waals surface area contributed by atoms with Crippen molar-refractivity contribution in [2.75, 3.05) is 0 Å². The number of nitroso groups, excluding NO2 is 1. The van der Waals surface area contributed by atoms with Crippen molar-refractivity contribution in [3.05, 3.63) is 4.91 Å². The van der Waals surface area contributed by atoms with Gasteiger partial charge in [0.05, 0.1) is 6.04 Å². The Morgan fingerprint density at radius 3 is 2.15 bits per heavy atom. The van der Waals surface area contributed by atoms with E-state index in [1.54, 1.807) is 0 Å². The monoisotopic (exact) mass is 185 g/mol. The van der Waals surface area contributed by atoms with Gasteiger partial charge in [-0.15, -0.1) is 0 Å². The Labute approximate surface area is 82.1 Å². The molecule has 13 heavy (non-hydrogen) atoms. The van der Waals surface area contributed by atoms with Crippen LogP contribution in [0.1, 0.15) is 65.2 Å². The summed E-state index contributed by atoms with van der Waals surface area (Å²) in [5.41, 5.74) is 0. The Balaban J connectivity index is 3.22. The summed E-state index contributed by atoms with van der Waals surface area (Å²) in [4.78, 5) is 10.4. The first-order valence-corrected chi connectivity index (χ1v) is 5.67. The second-order valence-corrected chi connectivity index (χ2v) is 3.75. The number of hydrogen-bond donors (Lipinski definition) is 0. The van der Waals surface area contributed by atoms with Crippen molar-refractivity contribution in [2.24, 2.45) is 5.18 Å². The second-order valence-electron chi connectivity index (χ2n) is 3.75. The van der Waals surface area contributed by atoms with Crippen LogP contribution in [0.15, 0.2) is 5.18 Å². The molecule has 0 aliphatic rings. The van der Waals surface area contributed by atoms with E-state index in [0.717, 1.165) is 19.3 Å². The SMILES string of the molecule is CCCCCCC[C@H](CCC)N=O. The van der Waals surface area contributed by atoms with E-state index in [1.807, 2.05) is 0 Å². The highest BCUT2D eigenvalue weighted by Gasteiger charge is 2.05. The summed E-state index contributed by atoms with van der Waals surface area (Å²) >= 11 is 0. The molecule has 0 radical (unpaired) electrons. The molecule has 0 heterocycles. The Hall–Kier alpha value is -0.400. The molecule has 0 spiro atoms. The lowest BCUT2D eigenvalue weighted by Gasteiger charge is -2.06. The van der Waals surface area contributed by atoms with Gasteiger partial charge in [0.25, 0.3) is 0 Å². The predicted octanol–water partition coefficient (Wildman–Crippen LogP) is 4.28. The maximum atomic E-state index is 10.4. The number of unbranched alkanes of at least 4 members (excludes halogenated alkanes) is 4. The third kappa shape index (κ3) is 7.94. The third-order valence-electron chi connectivity index (χ3n) is 2.41. The molecule has 78 valence electrons. The van der Waals surface area contributed by atoms with Gasteiger partial charge in [-0.1, -0.05) is 57.5 Å². The fraction of sp³-hybridized carbons (Fsp3) is 1.00. The minimum Gasteiger partial charge on any atom is -0.151 e. The van der Waals surface area contributed by atoms with Gasteiger partial charge in [-0.25, -0.2) is 0 Å². The molecule has 1 atom stereocenters. The summed E-state index contributed by atoms with van der Waals surface area (Å²) in [7, 11) is 0. The zero-order valence-electron chi connectivity index (χ0n) is 9.09. The molecule has 0 aromatic rings. The standard InChI is InChI=1S/C11H23NO/c1-3-5-6-7-8-10-11(12-13)9-4-2/h11H,3-10H2,1-2H3/t11-/m0/s1. The summed E-state index contributed by atoms with van der Waals surface area (Å²) in [5, 5.41) is 3.15. The highest BCUT2D eigenvalue weighted by molar-refractivity contribution is 4.64. The van der Waals surface area contributed by atoms with Crippen LogP contribution in [-0.2, 0) is 0 Å².